The highest BCUT2D eigenvalue weighted by atomic mass is 32.1. The highest BCUT2D eigenvalue weighted by Gasteiger charge is 2.17. The average Bonchev–Trinajstić information content (AvgIpc) is 3.29. The quantitative estimate of drug-likeness (QED) is 0.654. The van der Waals surface area contributed by atoms with Gasteiger partial charge >= 0.3 is 0 Å². The molecule has 0 spiro atoms. The number of amides is 1. The van der Waals surface area contributed by atoms with Crippen molar-refractivity contribution in [2.45, 2.75) is 32.9 Å². The Morgan fingerprint density at radius 2 is 2.11 bits per heavy atom. The van der Waals surface area contributed by atoms with Gasteiger partial charge in [0.1, 0.15) is 5.82 Å². The molecule has 2 heterocycles. The van der Waals surface area contributed by atoms with Crippen LogP contribution in [0.4, 0.5) is 4.39 Å². The predicted octanol–water partition coefficient (Wildman–Crippen LogP) is 3.38. The Hall–Kier alpha value is -2.51. The van der Waals surface area contributed by atoms with Crippen LogP contribution in [0.5, 0.6) is 0 Å². The number of nitrogens with zero attached hydrogens (tertiary/aromatic N) is 2. The Balaban J connectivity index is 1.71. The molecule has 0 saturated carbocycles. The Kier molecular flexibility index (Phi) is 6.03. The van der Waals surface area contributed by atoms with E-state index in [1.165, 1.54) is 23.5 Å². The topological polar surface area (TPSA) is 72.9 Å². The summed E-state index contributed by atoms with van der Waals surface area (Å²) >= 11 is 1.40. The summed E-state index contributed by atoms with van der Waals surface area (Å²) in [4.78, 5) is 13.3. The Bertz CT molecular complexity index is 916. The summed E-state index contributed by atoms with van der Waals surface area (Å²) in [7, 11) is 0. The zero-order valence-corrected chi connectivity index (χ0v) is 16.2. The molecule has 0 aliphatic rings. The number of carbonyl (C=O) groups is 1. The van der Waals surface area contributed by atoms with Crippen LogP contribution in [0.2, 0.25) is 0 Å². The van der Waals surface area contributed by atoms with Crippen molar-refractivity contribution in [3.63, 3.8) is 0 Å². The van der Waals surface area contributed by atoms with E-state index in [1.807, 2.05) is 36.2 Å². The van der Waals surface area contributed by atoms with Gasteiger partial charge < -0.3 is 11.1 Å². The van der Waals surface area contributed by atoms with E-state index in [-0.39, 0.29) is 17.8 Å². The third kappa shape index (κ3) is 4.43. The third-order valence-electron chi connectivity index (χ3n) is 4.43. The fraction of sp³-hybridized carbons (Fsp3) is 0.300. The summed E-state index contributed by atoms with van der Waals surface area (Å²) in [6, 6.07) is 7.92. The molecule has 0 bridgehead atoms. The van der Waals surface area contributed by atoms with Gasteiger partial charge in [-0.1, -0.05) is 12.1 Å². The molecule has 0 radical (unpaired) electrons. The van der Waals surface area contributed by atoms with Crippen LogP contribution in [0.15, 0.2) is 41.9 Å². The van der Waals surface area contributed by atoms with Crippen molar-refractivity contribution in [3.05, 3.63) is 63.7 Å². The number of nitrogens with two attached hydrogens (primary N) is 1. The van der Waals surface area contributed by atoms with Gasteiger partial charge in [-0.15, -0.1) is 11.3 Å². The number of carbonyl (C=O) groups excluding carboxylic acids is 1. The van der Waals surface area contributed by atoms with Crippen molar-refractivity contribution < 1.29 is 9.18 Å². The SMILES string of the molecule is CCn1ncc(C)c1-c1csc(C(=O)N[C@H](CN)Cc2ccc(F)cc2)c1. The first-order chi connectivity index (χ1) is 13.0. The van der Waals surface area contributed by atoms with Crippen LogP contribution in [0.1, 0.15) is 27.7 Å². The van der Waals surface area contributed by atoms with Crippen LogP contribution in [-0.4, -0.2) is 28.3 Å². The summed E-state index contributed by atoms with van der Waals surface area (Å²) in [5.41, 5.74) is 9.86. The minimum absolute atomic E-state index is 0.149. The van der Waals surface area contributed by atoms with Gasteiger partial charge in [0.15, 0.2) is 0 Å². The van der Waals surface area contributed by atoms with Gasteiger partial charge in [0.05, 0.1) is 16.8 Å². The molecule has 142 valence electrons. The van der Waals surface area contributed by atoms with Crippen LogP contribution in [-0.2, 0) is 13.0 Å². The summed E-state index contributed by atoms with van der Waals surface area (Å²) in [6.07, 6.45) is 2.39. The number of halogens is 1. The summed E-state index contributed by atoms with van der Waals surface area (Å²) < 4.78 is 15.0. The van der Waals surface area contributed by atoms with Crippen molar-refractivity contribution >= 4 is 17.2 Å². The molecule has 1 aromatic carbocycles. The number of hydrogen-bond donors (Lipinski definition) is 2. The van der Waals surface area contributed by atoms with Gasteiger partial charge in [0.2, 0.25) is 0 Å². The Morgan fingerprint density at radius 3 is 2.78 bits per heavy atom. The lowest BCUT2D eigenvalue weighted by molar-refractivity contribution is 0.0942. The molecule has 2 aromatic heterocycles. The number of aromatic nitrogens is 2. The Labute approximate surface area is 162 Å². The summed E-state index contributed by atoms with van der Waals surface area (Å²) in [5, 5.41) is 9.31. The van der Waals surface area contributed by atoms with E-state index < -0.39 is 0 Å². The minimum Gasteiger partial charge on any atom is -0.347 e. The maximum absolute atomic E-state index is 13.0. The lowest BCUT2D eigenvalue weighted by Gasteiger charge is -2.16. The van der Waals surface area contributed by atoms with Gasteiger partial charge in [-0.2, -0.15) is 5.10 Å². The second-order valence-corrected chi connectivity index (χ2v) is 7.34. The number of nitrogens with one attached hydrogen (secondary N) is 1. The first kappa shape index (κ1) is 19.3. The maximum Gasteiger partial charge on any atom is 0.261 e. The second-order valence-electron chi connectivity index (χ2n) is 6.43. The zero-order valence-electron chi connectivity index (χ0n) is 15.4. The third-order valence-corrected chi connectivity index (χ3v) is 5.36. The van der Waals surface area contributed by atoms with Crippen molar-refractivity contribution in [1.29, 1.82) is 0 Å². The molecule has 1 atom stereocenters. The van der Waals surface area contributed by atoms with Crippen molar-refractivity contribution in [2.24, 2.45) is 5.73 Å². The van der Waals surface area contributed by atoms with Gasteiger partial charge in [-0.05, 0) is 49.6 Å². The number of thiophene rings is 1. The van der Waals surface area contributed by atoms with E-state index in [4.69, 9.17) is 5.73 Å². The lowest BCUT2D eigenvalue weighted by atomic mass is 10.1. The molecular formula is C20H23FN4OS. The number of benzene rings is 1. The fourth-order valence-corrected chi connectivity index (χ4v) is 3.82. The van der Waals surface area contributed by atoms with E-state index in [1.54, 1.807) is 12.1 Å². The molecule has 0 saturated heterocycles. The van der Waals surface area contributed by atoms with Crippen molar-refractivity contribution in [3.8, 4) is 11.3 Å². The monoisotopic (exact) mass is 386 g/mol. The van der Waals surface area contributed by atoms with Crippen LogP contribution < -0.4 is 11.1 Å². The first-order valence-corrected chi connectivity index (χ1v) is 9.76. The van der Waals surface area contributed by atoms with Gasteiger partial charge in [-0.3, -0.25) is 9.48 Å². The predicted molar refractivity (Wildman–Crippen MR) is 106 cm³/mol. The summed E-state index contributed by atoms with van der Waals surface area (Å²) in [6.45, 7) is 5.13. The van der Waals surface area contributed by atoms with Crippen molar-refractivity contribution in [2.75, 3.05) is 6.54 Å². The van der Waals surface area contributed by atoms with Crippen LogP contribution in [0.3, 0.4) is 0 Å². The molecule has 3 N–H and O–H groups in total. The number of rotatable bonds is 7. The molecule has 0 fully saturated rings. The Morgan fingerprint density at radius 1 is 1.37 bits per heavy atom. The molecule has 3 aromatic rings. The highest BCUT2D eigenvalue weighted by molar-refractivity contribution is 7.12. The highest BCUT2D eigenvalue weighted by Crippen LogP contribution is 2.28. The van der Waals surface area contributed by atoms with Crippen LogP contribution in [0, 0.1) is 12.7 Å². The van der Waals surface area contributed by atoms with E-state index in [2.05, 4.69) is 10.4 Å². The molecule has 5 nitrogen and oxygen atoms in total. The van der Waals surface area contributed by atoms with E-state index >= 15 is 0 Å². The van der Waals surface area contributed by atoms with Crippen molar-refractivity contribution in [1.82, 2.24) is 15.1 Å². The van der Waals surface area contributed by atoms with E-state index in [0.717, 1.165) is 28.9 Å². The fourth-order valence-electron chi connectivity index (χ4n) is 3.03. The molecule has 27 heavy (non-hydrogen) atoms. The molecule has 0 aliphatic heterocycles. The first-order valence-electron chi connectivity index (χ1n) is 8.88. The number of aryl methyl sites for hydroxylation is 2. The largest absolute Gasteiger partial charge is 0.347 e. The molecule has 1 amide bonds. The van der Waals surface area contributed by atoms with Crippen LogP contribution in [0.25, 0.3) is 11.3 Å². The smallest absolute Gasteiger partial charge is 0.261 e. The number of hydrogen-bond acceptors (Lipinski definition) is 4. The van der Waals surface area contributed by atoms with E-state index in [0.29, 0.717) is 17.8 Å². The molecule has 3 rings (SSSR count). The molecule has 0 aliphatic carbocycles. The molecular weight excluding hydrogens is 363 g/mol. The summed E-state index contributed by atoms with van der Waals surface area (Å²) in [5.74, 6) is -0.427. The normalized spacial score (nSPS) is 12.1. The molecule has 7 heteroatoms. The van der Waals surface area contributed by atoms with Gasteiger partial charge in [0, 0.05) is 30.1 Å². The lowest BCUT2D eigenvalue weighted by Crippen LogP contribution is -2.41. The van der Waals surface area contributed by atoms with Gasteiger partial charge in [0.25, 0.3) is 5.91 Å². The zero-order chi connectivity index (χ0) is 19.4. The van der Waals surface area contributed by atoms with Gasteiger partial charge in [-0.25, -0.2) is 4.39 Å². The minimum atomic E-state index is -0.278. The standard InChI is InChI=1S/C20H23FN4OS/c1-3-25-19(13(2)11-23-25)15-9-18(27-12-15)20(26)24-17(10-22)8-14-4-6-16(21)7-5-14/h4-7,9,11-12,17H,3,8,10,22H2,1-2H3,(H,24,26)/t17-/m0/s1. The average molecular weight is 386 g/mol. The van der Waals surface area contributed by atoms with E-state index in [9.17, 15) is 9.18 Å². The maximum atomic E-state index is 13.0. The molecule has 0 unspecified atom stereocenters. The second kappa shape index (κ2) is 8.45. The van der Waals surface area contributed by atoms with Crippen LogP contribution >= 0.6 is 11.3 Å².